The molecule has 2 aromatic carbocycles. The predicted molar refractivity (Wildman–Crippen MR) is 70.9 cm³/mol. The van der Waals surface area contributed by atoms with Gasteiger partial charge in [0.05, 0.1) is 0 Å². The van der Waals surface area contributed by atoms with Gasteiger partial charge in [-0.25, -0.2) is 0 Å². The van der Waals surface area contributed by atoms with E-state index >= 15 is 0 Å². The van der Waals surface area contributed by atoms with Gasteiger partial charge in [-0.3, -0.25) is 0 Å². The van der Waals surface area contributed by atoms with Crippen LogP contribution < -0.4 is 10.5 Å². The summed E-state index contributed by atoms with van der Waals surface area (Å²) in [4.78, 5) is 0. The van der Waals surface area contributed by atoms with Gasteiger partial charge in [-0.1, -0.05) is 29.3 Å². The normalized spacial score (nSPS) is 10.3. The molecule has 4 heteroatoms. The Balaban J connectivity index is 2.28. The lowest BCUT2D eigenvalue weighted by Crippen LogP contribution is -1.99. The van der Waals surface area contributed by atoms with Crippen molar-refractivity contribution in [3.05, 3.63) is 58.1 Å². The van der Waals surface area contributed by atoms with Crippen molar-refractivity contribution in [2.24, 2.45) is 5.73 Å². The minimum atomic E-state index is 0.403. The van der Waals surface area contributed by atoms with Crippen LogP contribution in [-0.4, -0.2) is 0 Å². The smallest absolute Gasteiger partial charge is 0.133 e. The first-order valence-corrected chi connectivity index (χ1v) is 5.86. The summed E-state index contributed by atoms with van der Waals surface area (Å²) in [5, 5.41) is 1.29. The third-order valence-corrected chi connectivity index (χ3v) is 2.78. The van der Waals surface area contributed by atoms with E-state index in [-0.39, 0.29) is 0 Å². The number of rotatable bonds is 3. The maximum Gasteiger partial charge on any atom is 0.133 e. The largest absolute Gasteiger partial charge is 0.457 e. The van der Waals surface area contributed by atoms with Crippen molar-refractivity contribution >= 4 is 23.2 Å². The van der Waals surface area contributed by atoms with Gasteiger partial charge in [0.15, 0.2) is 0 Å². The Morgan fingerprint density at radius 2 is 1.59 bits per heavy atom. The number of hydrogen-bond acceptors (Lipinski definition) is 2. The summed E-state index contributed by atoms with van der Waals surface area (Å²) >= 11 is 11.7. The van der Waals surface area contributed by atoms with E-state index in [1.165, 1.54) is 0 Å². The van der Waals surface area contributed by atoms with Crippen LogP contribution in [0.25, 0.3) is 0 Å². The van der Waals surface area contributed by atoms with E-state index in [1.54, 1.807) is 36.4 Å². The monoisotopic (exact) mass is 267 g/mol. The zero-order valence-corrected chi connectivity index (χ0v) is 10.5. The average molecular weight is 268 g/mol. The molecule has 0 saturated carbocycles. The molecule has 0 saturated heterocycles. The van der Waals surface area contributed by atoms with Crippen molar-refractivity contribution in [2.75, 3.05) is 0 Å². The van der Waals surface area contributed by atoms with E-state index in [0.717, 1.165) is 5.56 Å². The molecule has 0 unspecified atom stereocenters. The molecule has 2 N–H and O–H groups in total. The third kappa shape index (κ3) is 3.13. The van der Waals surface area contributed by atoms with E-state index < -0.39 is 0 Å². The molecule has 88 valence electrons. The fraction of sp³-hybridized carbons (Fsp3) is 0.0769. The van der Waals surface area contributed by atoms with E-state index in [4.69, 9.17) is 33.7 Å². The molecule has 2 aromatic rings. The summed E-state index contributed by atoms with van der Waals surface area (Å²) in [6, 6.07) is 12.5. The van der Waals surface area contributed by atoms with Crippen molar-refractivity contribution < 1.29 is 4.74 Å². The number of benzene rings is 2. The quantitative estimate of drug-likeness (QED) is 0.903. The molecule has 17 heavy (non-hydrogen) atoms. The fourth-order valence-corrected chi connectivity index (χ4v) is 1.71. The molecule has 0 aliphatic rings. The zero-order chi connectivity index (χ0) is 12.3. The average Bonchev–Trinajstić information content (AvgIpc) is 2.32. The molecular weight excluding hydrogens is 257 g/mol. The molecule has 0 atom stereocenters. The highest BCUT2D eigenvalue weighted by Gasteiger charge is 2.04. The first-order chi connectivity index (χ1) is 8.19. The molecule has 0 radical (unpaired) electrons. The Morgan fingerprint density at radius 1 is 0.941 bits per heavy atom. The SMILES string of the molecule is NCc1ccc(Cl)cc1Oc1ccc(Cl)cc1. The van der Waals surface area contributed by atoms with E-state index in [1.807, 2.05) is 6.07 Å². The van der Waals surface area contributed by atoms with Crippen LogP contribution in [0.5, 0.6) is 11.5 Å². The summed E-state index contributed by atoms with van der Waals surface area (Å²) in [5.41, 5.74) is 6.54. The van der Waals surface area contributed by atoms with Gasteiger partial charge in [0.25, 0.3) is 0 Å². The van der Waals surface area contributed by atoms with Gasteiger partial charge in [0.2, 0.25) is 0 Å². The molecule has 2 nitrogen and oxygen atoms in total. The fourth-order valence-electron chi connectivity index (χ4n) is 1.42. The van der Waals surface area contributed by atoms with Gasteiger partial charge in [-0.2, -0.15) is 0 Å². The molecule has 0 aliphatic carbocycles. The minimum Gasteiger partial charge on any atom is -0.457 e. The second kappa shape index (κ2) is 5.41. The van der Waals surface area contributed by atoms with Gasteiger partial charge >= 0.3 is 0 Å². The molecule has 0 bridgehead atoms. The Kier molecular flexibility index (Phi) is 3.89. The molecule has 0 aromatic heterocycles. The standard InChI is InChI=1S/C13H11Cl2NO/c14-10-3-5-12(6-4-10)17-13-7-11(15)2-1-9(13)8-16/h1-7H,8,16H2. The lowest BCUT2D eigenvalue weighted by atomic mass is 10.2. The molecule has 2 rings (SSSR count). The van der Waals surface area contributed by atoms with Gasteiger partial charge < -0.3 is 10.5 Å². The molecule has 0 aliphatic heterocycles. The molecule has 0 heterocycles. The Morgan fingerprint density at radius 3 is 2.24 bits per heavy atom. The highest BCUT2D eigenvalue weighted by Crippen LogP contribution is 2.28. The number of hydrogen-bond donors (Lipinski definition) is 1. The summed E-state index contributed by atoms with van der Waals surface area (Å²) < 4.78 is 5.71. The van der Waals surface area contributed by atoms with Crippen LogP contribution in [-0.2, 0) is 6.54 Å². The highest BCUT2D eigenvalue weighted by atomic mass is 35.5. The minimum absolute atomic E-state index is 0.403. The van der Waals surface area contributed by atoms with Crippen LogP contribution in [0, 0.1) is 0 Å². The first kappa shape index (κ1) is 12.2. The first-order valence-electron chi connectivity index (χ1n) is 5.11. The van der Waals surface area contributed by atoms with Crippen LogP contribution in [0.15, 0.2) is 42.5 Å². The van der Waals surface area contributed by atoms with Gasteiger partial charge in [0.1, 0.15) is 11.5 Å². The van der Waals surface area contributed by atoms with Gasteiger partial charge in [-0.15, -0.1) is 0 Å². The van der Waals surface area contributed by atoms with Crippen molar-refractivity contribution in [1.82, 2.24) is 0 Å². The van der Waals surface area contributed by atoms with Crippen LogP contribution in [0.4, 0.5) is 0 Å². The maximum atomic E-state index is 5.92. The van der Waals surface area contributed by atoms with Crippen LogP contribution in [0.3, 0.4) is 0 Å². The topological polar surface area (TPSA) is 35.2 Å². The van der Waals surface area contributed by atoms with Crippen LogP contribution in [0.1, 0.15) is 5.56 Å². The summed E-state index contributed by atoms with van der Waals surface area (Å²) in [7, 11) is 0. The van der Waals surface area contributed by atoms with Crippen molar-refractivity contribution in [2.45, 2.75) is 6.54 Å². The van der Waals surface area contributed by atoms with Crippen molar-refractivity contribution in [3.8, 4) is 11.5 Å². The molecule has 0 amide bonds. The number of ether oxygens (including phenoxy) is 1. The number of nitrogens with two attached hydrogens (primary N) is 1. The van der Waals surface area contributed by atoms with Gasteiger partial charge in [-0.05, 0) is 36.4 Å². The maximum absolute atomic E-state index is 5.92. The second-order valence-electron chi connectivity index (χ2n) is 3.51. The molecule has 0 spiro atoms. The van der Waals surface area contributed by atoms with Crippen molar-refractivity contribution in [1.29, 1.82) is 0 Å². The summed E-state index contributed by atoms with van der Waals surface area (Å²) in [6.07, 6.45) is 0. The van der Waals surface area contributed by atoms with Crippen LogP contribution >= 0.6 is 23.2 Å². The predicted octanol–water partition coefficient (Wildman–Crippen LogP) is 4.24. The number of halogens is 2. The Bertz CT molecular complexity index is 511. The highest BCUT2D eigenvalue weighted by molar-refractivity contribution is 6.31. The summed E-state index contributed by atoms with van der Waals surface area (Å²) in [5.74, 6) is 1.37. The molecular formula is C13H11Cl2NO. The van der Waals surface area contributed by atoms with E-state index in [0.29, 0.717) is 28.1 Å². The van der Waals surface area contributed by atoms with E-state index in [2.05, 4.69) is 0 Å². The lowest BCUT2D eigenvalue weighted by Gasteiger charge is -2.10. The van der Waals surface area contributed by atoms with Gasteiger partial charge in [0, 0.05) is 22.2 Å². The second-order valence-corrected chi connectivity index (χ2v) is 4.39. The van der Waals surface area contributed by atoms with Crippen molar-refractivity contribution in [3.63, 3.8) is 0 Å². The molecule has 0 fully saturated rings. The lowest BCUT2D eigenvalue weighted by molar-refractivity contribution is 0.476. The zero-order valence-electron chi connectivity index (χ0n) is 8.99. The Hall–Kier alpha value is -1.22. The third-order valence-electron chi connectivity index (χ3n) is 2.29. The van der Waals surface area contributed by atoms with Crippen LogP contribution in [0.2, 0.25) is 10.0 Å². The summed E-state index contributed by atoms with van der Waals surface area (Å²) in [6.45, 7) is 0.403. The Labute approximate surface area is 110 Å². The van der Waals surface area contributed by atoms with E-state index in [9.17, 15) is 0 Å².